The van der Waals surface area contributed by atoms with Crippen LogP contribution in [0.1, 0.15) is 110 Å². The first kappa shape index (κ1) is 75.5. The van der Waals surface area contributed by atoms with Crippen LogP contribution in [-0.2, 0) is 85.9 Å². The molecule has 5 aromatic rings. The van der Waals surface area contributed by atoms with E-state index in [0.29, 0.717) is 63.6 Å². The van der Waals surface area contributed by atoms with E-state index in [1.54, 1.807) is 13.2 Å². The average molecular weight is 1410 g/mol. The molecule has 546 valence electrons. The van der Waals surface area contributed by atoms with Crippen LogP contribution in [-0.4, -0.2) is 212 Å². The molecule has 1 aliphatic carbocycles. The van der Waals surface area contributed by atoms with E-state index in [1.807, 2.05) is 69.3 Å². The summed E-state index contributed by atoms with van der Waals surface area (Å²) >= 11 is 0. The Balaban J connectivity index is 0.927. The van der Waals surface area contributed by atoms with Gasteiger partial charge in [-0.2, -0.15) is 0 Å². The maximum Gasteiger partial charge on any atom is 0.409 e. The van der Waals surface area contributed by atoms with Crippen LogP contribution in [0.5, 0.6) is 11.5 Å². The van der Waals surface area contributed by atoms with E-state index in [4.69, 9.17) is 67.8 Å². The highest BCUT2D eigenvalue weighted by molar-refractivity contribution is 5.93. The maximum atomic E-state index is 14.5. The van der Waals surface area contributed by atoms with Crippen LogP contribution in [0.15, 0.2) is 83.8 Å². The van der Waals surface area contributed by atoms with Gasteiger partial charge in [-0.1, -0.05) is 42.5 Å². The lowest BCUT2D eigenvalue weighted by molar-refractivity contribution is -0.282. The third-order valence-corrected chi connectivity index (χ3v) is 17.8. The van der Waals surface area contributed by atoms with Crippen LogP contribution in [0.4, 0.5) is 26.0 Å². The molecule has 4 fully saturated rings. The number of likely N-dealkylation sites (N-methyl/N-ethyl adjacent to an activating group) is 2. The normalized spacial score (nSPS) is 19.9. The zero-order chi connectivity index (χ0) is 73.1. The molecule has 30 nitrogen and oxygen atoms in total. The van der Waals surface area contributed by atoms with Crippen molar-refractivity contribution >= 4 is 70.6 Å². The molecule has 30 heteroatoms. The molecule has 6 atom stereocenters. The van der Waals surface area contributed by atoms with Crippen LogP contribution in [0.25, 0.3) is 22.0 Å². The number of alkyl carbamates (subject to hydrolysis) is 1. The highest BCUT2D eigenvalue weighted by atomic mass is 16.7. The second-order valence-electron chi connectivity index (χ2n) is 26.9. The van der Waals surface area contributed by atoms with Crippen molar-refractivity contribution in [1.82, 2.24) is 34.6 Å². The van der Waals surface area contributed by atoms with Gasteiger partial charge in [0.2, 0.25) is 24.2 Å². The topological polar surface area (TPSA) is 349 Å². The number of hydrogen-bond acceptors (Lipinski definition) is 25. The smallest absolute Gasteiger partial charge is 0.409 e. The van der Waals surface area contributed by atoms with E-state index in [2.05, 4.69) is 27.4 Å². The van der Waals surface area contributed by atoms with Gasteiger partial charge in [-0.05, 0) is 107 Å². The molecule has 2 unspecified atom stereocenters. The van der Waals surface area contributed by atoms with Crippen molar-refractivity contribution in [1.29, 1.82) is 0 Å². The highest BCUT2D eigenvalue weighted by Crippen LogP contribution is 2.45. The number of nitrogens with two attached hydrogens (primary N) is 1. The van der Waals surface area contributed by atoms with Crippen molar-refractivity contribution in [2.24, 2.45) is 12.8 Å². The Morgan fingerprint density at radius 1 is 0.762 bits per heavy atom. The van der Waals surface area contributed by atoms with Gasteiger partial charge in [0.05, 0.1) is 37.2 Å². The molecule has 5 heterocycles. The third-order valence-electron chi connectivity index (χ3n) is 17.8. The van der Waals surface area contributed by atoms with Gasteiger partial charge >= 0.3 is 42.2 Å². The minimum Gasteiger partial charge on any atom is -0.496 e. The predicted molar refractivity (Wildman–Crippen MR) is 365 cm³/mol. The Hall–Kier alpha value is -9.65. The van der Waals surface area contributed by atoms with E-state index >= 15 is 0 Å². The van der Waals surface area contributed by atoms with Crippen molar-refractivity contribution in [2.75, 3.05) is 91.0 Å². The number of aromatic nitrogens is 3. The molecular formula is C71H92N10O20. The number of benzene rings is 3. The minimum absolute atomic E-state index is 0.0124. The number of likely N-dealkylation sites (tertiary alicyclic amines) is 1. The number of piperidine rings is 2. The van der Waals surface area contributed by atoms with Crippen LogP contribution in [0, 0.1) is 0 Å². The molecule has 3 aliphatic heterocycles. The first-order valence-corrected chi connectivity index (χ1v) is 33.6. The molecule has 0 radical (unpaired) electrons. The number of carbonyl (C=O) groups excluding carboxylic acids is 8. The van der Waals surface area contributed by atoms with E-state index < -0.39 is 95.5 Å². The lowest BCUT2D eigenvalue weighted by Crippen LogP contribution is -2.64. The summed E-state index contributed by atoms with van der Waals surface area (Å²) in [5, 5.41) is 6.42. The van der Waals surface area contributed by atoms with Crippen molar-refractivity contribution < 1.29 is 90.5 Å². The summed E-state index contributed by atoms with van der Waals surface area (Å²) in [5.41, 5.74) is 6.28. The van der Waals surface area contributed by atoms with Crippen LogP contribution >= 0.6 is 0 Å². The van der Waals surface area contributed by atoms with Gasteiger partial charge in [0, 0.05) is 129 Å². The number of carbonyl (C=O) groups is 8. The fourth-order valence-electron chi connectivity index (χ4n) is 12.4. The monoisotopic (exact) mass is 1400 g/mol. The predicted octanol–water partition coefficient (Wildman–Crippen LogP) is 6.47. The van der Waals surface area contributed by atoms with Crippen LogP contribution in [0.3, 0.4) is 0 Å². The average Bonchev–Trinajstić information content (AvgIpc) is 1.50. The molecule has 3 saturated heterocycles. The van der Waals surface area contributed by atoms with Crippen LogP contribution < -0.4 is 36.3 Å². The molecule has 9 rings (SSSR count). The number of amides is 4. The standard InChI is InChI=1S/C71H92N10O20/c1-42(82)95-58-59(96-43(2)83)61(97-44(3)84)64(99-60(58)63(87)92-12)98-54-23-18-45(36-53(54)73-56(85)24-29-72)40-93-67(89)77(8)34-35-78(9)68(90)94-41-71(100-49-20-21-49,47-16-14-13-15-17-47)62-50-37-46(51-39-79(10)57(86)38-55(51)91-11)19-22-52(50)74-65(75-62)81-30-25-48(26-31-81)80-32-27-70(7,28-33-80)76-66(88)101-69(4,5)6/h13-19,22-23,36-39,48-49,58-61,64H,20-21,24-35,40-41,72H2,1-12H3,(H,73,85)(H,76,88)/t58-,59-,60?,61+,64+,71?/m0/s1. The molecule has 101 heavy (non-hydrogen) atoms. The number of nitrogens with one attached hydrogen (secondary N) is 2. The number of hydrogen-bond donors (Lipinski definition) is 3. The molecule has 1 saturated carbocycles. The van der Waals surface area contributed by atoms with Crippen molar-refractivity contribution in [3.63, 3.8) is 0 Å². The molecule has 3 aromatic carbocycles. The molecule has 4 aliphatic rings. The Morgan fingerprint density at radius 2 is 1.41 bits per heavy atom. The maximum absolute atomic E-state index is 14.5. The van der Waals surface area contributed by atoms with Crippen LogP contribution in [0.2, 0.25) is 0 Å². The summed E-state index contributed by atoms with van der Waals surface area (Å²) in [5.74, 6) is -3.60. The largest absolute Gasteiger partial charge is 0.496 e. The van der Waals surface area contributed by atoms with Gasteiger partial charge in [0.1, 0.15) is 30.3 Å². The van der Waals surface area contributed by atoms with E-state index in [1.165, 1.54) is 59.8 Å². The molecular weight excluding hydrogens is 1310 g/mol. The number of fused-ring (bicyclic) bond motifs is 1. The first-order valence-electron chi connectivity index (χ1n) is 33.6. The first-order chi connectivity index (χ1) is 48.0. The number of methoxy groups -OCH3 is 2. The van der Waals surface area contributed by atoms with Crippen molar-refractivity contribution in [2.45, 2.75) is 160 Å². The van der Waals surface area contributed by atoms with Gasteiger partial charge in [-0.3, -0.25) is 24.0 Å². The number of aryl methyl sites for hydroxylation is 1. The fraction of sp³-hybridized carbons (Fsp3) is 0.535. The SMILES string of the molecule is COC(=O)C1O[C@@H](Oc2ccc(COC(=O)N(C)CCN(C)C(=O)OCC(OC3CC3)(c3ccccc3)c3nc(N4CCC(N5CCC(C)(NC(=O)OC(C)(C)C)CC5)CC4)nc4ccc(-c5cn(C)c(=O)cc5OC)cc34)cc2NC(=O)CCN)[C@H](OC(C)=O)[C@@H](OC(C)=O)[C@@H]1OC(C)=O. The zero-order valence-electron chi connectivity index (χ0n) is 59.2. The van der Waals surface area contributed by atoms with Crippen molar-refractivity contribution in [3.05, 3.63) is 106 Å². The van der Waals surface area contributed by atoms with Gasteiger partial charge in [-0.15, -0.1) is 0 Å². The number of anilines is 2. The lowest BCUT2D eigenvalue weighted by atomic mass is 9.87. The van der Waals surface area contributed by atoms with E-state index in [0.717, 1.165) is 79.5 Å². The summed E-state index contributed by atoms with van der Waals surface area (Å²) in [4.78, 5) is 135. The summed E-state index contributed by atoms with van der Waals surface area (Å²) in [6.45, 7) is 12.9. The summed E-state index contributed by atoms with van der Waals surface area (Å²) < 4.78 is 65.5. The number of esters is 4. The Labute approximate surface area is 585 Å². The Kier molecular flexibility index (Phi) is 24.5. The third kappa shape index (κ3) is 19.3. The molecule has 0 spiro atoms. The number of pyridine rings is 1. The number of rotatable bonds is 25. The van der Waals surface area contributed by atoms with Gasteiger partial charge < -0.3 is 92.6 Å². The van der Waals surface area contributed by atoms with Gasteiger partial charge in [0.25, 0.3) is 5.56 Å². The molecule has 4 amide bonds. The summed E-state index contributed by atoms with van der Waals surface area (Å²) in [6, 6.07) is 21.3. The van der Waals surface area contributed by atoms with E-state index in [9.17, 15) is 43.2 Å². The fourth-order valence-corrected chi connectivity index (χ4v) is 12.4. The Morgan fingerprint density at radius 3 is 2.02 bits per heavy atom. The molecule has 2 aromatic heterocycles. The second-order valence-corrected chi connectivity index (χ2v) is 26.9. The van der Waals surface area contributed by atoms with Gasteiger partial charge in [0.15, 0.2) is 23.9 Å². The van der Waals surface area contributed by atoms with E-state index in [-0.39, 0.29) is 68.4 Å². The highest BCUT2D eigenvalue weighted by Gasteiger charge is 2.56. The summed E-state index contributed by atoms with van der Waals surface area (Å²) in [7, 11) is 7.23. The molecule has 4 N–H and O–H groups in total. The molecule has 0 bridgehead atoms. The summed E-state index contributed by atoms with van der Waals surface area (Å²) in [6.07, 6.45) is -4.45. The number of nitrogens with zero attached hydrogens (tertiary/aromatic N) is 7. The van der Waals surface area contributed by atoms with Crippen molar-refractivity contribution in [3.8, 4) is 22.6 Å². The minimum atomic E-state index is -1.77. The zero-order valence-corrected chi connectivity index (χ0v) is 59.2. The number of ether oxygens (including phenoxy) is 11. The Bertz CT molecular complexity index is 3890. The quantitative estimate of drug-likeness (QED) is 0.0416. The van der Waals surface area contributed by atoms with Gasteiger partial charge in [-0.25, -0.2) is 29.1 Å². The lowest BCUT2D eigenvalue weighted by Gasteiger charge is -2.45. The second kappa shape index (κ2) is 32.8.